The Kier molecular flexibility index (Phi) is 3.80. The summed E-state index contributed by atoms with van der Waals surface area (Å²) in [5, 5.41) is 4.53. The van der Waals surface area contributed by atoms with E-state index in [0.29, 0.717) is 22.4 Å². The van der Waals surface area contributed by atoms with Crippen molar-refractivity contribution in [2.45, 2.75) is 24.9 Å². The Hall–Kier alpha value is -0.970. The molecule has 3 rings (SSSR count). The van der Waals surface area contributed by atoms with Gasteiger partial charge in [-0.3, -0.25) is 10.1 Å². The van der Waals surface area contributed by atoms with Gasteiger partial charge in [0.1, 0.15) is 5.75 Å². The predicted molar refractivity (Wildman–Crippen MR) is 78.5 cm³/mol. The zero-order chi connectivity index (χ0) is 14.3. The highest BCUT2D eigenvalue weighted by molar-refractivity contribution is 6.35. The zero-order valence-electron chi connectivity index (χ0n) is 11.2. The molecule has 0 radical (unpaired) electrons. The highest BCUT2D eigenvalue weighted by Crippen LogP contribution is 2.40. The summed E-state index contributed by atoms with van der Waals surface area (Å²) in [6, 6.07) is 3.46. The molecular weight excluding hydrogens is 299 g/mol. The van der Waals surface area contributed by atoms with Gasteiger partial charge in [-0.1, -0.05) is 23.2 Å². The van der Waals surface area contributed by atoms with E-state index >= 15 is 0 Å². The topological polar surface area (TPSA) is 41.6 Å². The fourth-order valence-corrected chi connectivity index (χ4v) is 3.38. The van der Waals surface area contributed by atoms with Gasteiger partial charge in [0, 0.05) is 36.6 Å². The maximum absolute atomic E-state index is 12.0. The monoisotopic (exact) mass is 314 g/mol. The van der Waals surface area contributed by atoms with Crippen molar-refractivity contribution in [3.8, 4) is 5.75 Å². The summed E-state index contributed by atoms with van der Waals surface area (Å²) in [7, 11) is 1.83. The Morgan fingerprint density at radius 2 is 2.10 bits per heavy atom. The van der Waals surface area contributed by atoms with Crippen LogP contribution in [-0.4, -0.2) is 37.0 Å². The van der Waals surface area contributed by atoms with Crippen LogP contribution in [0.4, 0.5) is 0 Å². The minimum atomic E-state index is -0.131. The highest BCUT2D eigenvalue weighted by Gasteiger charge is 2.33. The highest BCUT2D eigenvalue weighted by atomic mass is 35.5. The molecule has 2 aliphatic heterocycles. The first-order valence-electron chi connectivity index (χ1n) is 6.69. The van der Waals surface area contributed by atoms with Crippen LogP contribution in [0, 0.1) is 0 Å². The van der Waals surface area contributed by atoms with Crippen LogP contribution in [0.25, 0.3) is 0 Å². The lowest BCUT2D eigenvalue weighted by molar-refractivity contribution is -0.128. The van der Waals surface area contributed by atoms with Crippen molar-refractivity contribution in [2.75, 3.05) is 20.2 Å². The minimum Gasteiger partial charge on any atom is -0.492 e. The lowest BCUT2D eigenvalue weighted by Crippen LogP contribution is -2.40. The number of nitrogens with one attached hydrogen (secondary N) is 1. The number of likely N-dealkylation sites (tertiary alicyclic amines) is 1. The average Bonchev–Trinajstić information content (AvgIpc) is 2.72. The summed E-state index contributed by atoms with van der Waals surface area (Å²) in [4.78, 5) is 13.8. The first kappa shape index (κ1) is 14.0. The van der Waals surface area contributed by atoms with Crippen molar-refractivity contribution in [3.05, 3.63) is 27.7 Å². The molecule has 1 aromatic rings. The van der Waals surface area contributed by atoms with Gasteiger partial charge in [-0.25, -0.2) is 0 Å². The Labute approximate surface area is 128 Å². The molecule has 20 heavy (non-hydrogen) atoms. The number of benzene rings is 1. The molecule has 0 spiro atoms. The molecule has 4 nitrogen and oxygen atoms in total. The number of amides is 1. The van der Waals surface area contributed by atoms with Crippen molar-refractivity contribution in [1.82, 2.24) is 10.2 Å². The molecule has 0 aromatic heterocycles. The van der Waals surface area contributed by atoms with E-state index in [1.807, 2.05) is 13.1 Å². The van der Waals surface area contributed by atoms with Crippen LogP contribution < -0.4 is 10.1 Å². The third-order valence-electron chi connectivity index (χ3n) is 3.90. The second-order valence-corrected chi connectivity index (χ2v) is 6.11. The third kappa shape index (κ3) is 2.48. The first-order valence-corrected chi connectivity index (χ1v) is 7.44. The second kappa shape index (κ2) is 5.43. The normalized spacial score (nSPS) is 25.6. The van der Waals surface area contributed by atoms with Gasteiger partial charge < -0.3 is 9.64 Å². The molecule has 2 unspecified atom stereocenters. The maximum Gasteiger partial charge on any atom is 0.239 e. The lowest BCUT2D eigenvalue weighted by Gasteiger charge is -2.29. The number of likely N-dealkylation sites (N-methyl/N-ethyl adjacent to an activating group) is 1. The van der Waals surface area contributed by atoms with E-state index in [1.54, 1.807) is 11.0 Å². The quantitative estimate of drug-likeness (QED) is 0.912. The number of carbonyl (C=O) groups is 1. The summed E-state index contributed by atoms with van der Waals surface area (Å²) in [6.45, 7) is 1.38. The summed E-state index contributed by atoms with van der Waals surface area (Å²) < 4.78 is 5.63. The Bertz CT molecular complexity index is 550. The SMILES string of the molecule is CN1CCC(NC2CCOc3c(Cl)cc(Cl)cc32)C1=O. The summed E-state index contributed by atoms with van der Waals surface area (Å²) in [5.74, 6) is 0.824. The first-order chi connectivity index (χ1) is 9.56. The van der Waals surface area contributed by atoms with E-state index in [2.05, 4.69) is 5.32 Å². The van der Waals surface area contributed by atoms with Crippen molar-refractivity contribution < 1.29 is 9.53 Å². The van der Waals surface area contributed by atoms with Gasteiger partial charge in [-0.05, 0) is 18.6 Å². The molecule has 2 atom stereocenters. The lowest BCUT2D eigenvalue weighted by atomic mass is 9.99. The van der Waals surface area contributed by atoms with Crippen LogP contribution in [-0.2, 0) is 4.79 Å². The van der Waals surface area contributed by atoms with E-state index < -0.39 is 0 Å². The standard InChI is InChI=1S/C14H16Cl2N2O2/c1-18-4-2-12(14(18)19)17-11-3-5-20-13-9(11)6-8(15)7-10(13)16/h6-7,11-12,17H,2-5H2,1H3. The fourth-order valence-electron chi connectivity index (χ4n) is 2.82. The van der Waals surface area contributed by atoms with E-state index in [4.69, 9.17) is 27.9 Å². The van der Waals surface area contributed by atoms with Crippen molar-refractivity contribution >= 4 is 29.1 Å². The van der Waals surface area contributed by atoms with Gasteiger partial charge in [0.25, 0.3) is 0 Å². The Morgan fingerprint density at radius 3 is 2.80 bits per heavy atom. The fraction of sp³-hybridized carbons (Fsp3) is 0.500. The van der Waals surface area contributed by atoms with E-state index in [0.717, 1.165) is 24.9 Å². The molecule has 1 N–H and O–H groups in total. The number of ether oxygens (including phenoxy) is 1. The van der Waals surface area contributed by atoms with Gasteiger partial charge in [0.05, 0.1) is 17.7 Å². The Morgan fingerprint density at radius 1 is 1.30 bits per heavy atom. The smallest absolute Gasteiger partial charge is 0.239 e. The number of rotatable bonds is 2. The van der Waals surface area contributed by atoms with E-state index in [1.165, 1.54) is 0 Å². The molecule has 0 bridgehead atoms. The molecule has 2 heterocycles. The molecular formula is C14H16Cl2N2O2. The van der Waals surface area contributed by atoms with Gasteiger partial charge >= 0.3 is 0 Å². The maximum atomic E-state index is 12.0. The predicted octanol–water partition coefficient (Wildman–Crippen LogP) is 2.64. The molecule has 6 heteroatoms. The zero-order valence-corrected chi connectivity index (χ0v) is 12.7. The van der Waals surface area contributed by atoms with Crippen LogP contribution in [0.5, 0.6) is 5.75 Å². The molecule has 1 saturated heterocycles. The van der Waals surface area contributed by atoms with E-state index in [-0.39, 0.29) is 18.0 Å². The van der Waals surface area contributed by atoms with Crippen LogP contribution in [0.15, 0.2) is 12.1 Å². The molecule has 2 aliphatic rings. The summed E-state index contributed by atoms with van der Waals surface area (Å²) in [6.07, 6.45) is 1.63. The van der Waals surface area contributed by atoms with Crippen LogP contribution >= 0.6 is 23.2 Å². The van der Waals surface area contributed by atoms with E-state index in [9.17, 15) is 4.79 Å². The van der Waals surface area contributed by atoms with Crippen LogP contribution in [0.1, 0.15) is 24.4 Å². The number of hydrogen-bond acceptors (Lipinski definition) is 3. The molecule has 0 aliphatic carbocycles. The summed E-state index contributed by atoms with van der Waals surface area (Å²) in [5.41, 5.74) is 0.941. The van der Waals surface area contributed by atoms with Crippen LogP contribution in [0.3, 0.4) is 0 Å². The minimum absolute atomic E-state index is 0.0513. The third-order valence-corrected chi connectivity index (χ3v) is 4.39. The number of hydrogen-bond donors (Lipinski definition) is 1. The molecule has 1 amide bonds. The Balaban J connectivity index is 1.85. The number of fused-ring (bicyclic) bond motifs is 1. The van der Waals surface area contributed by atoms with Gasteiger partial charge in [-0.2, -0.15) is 0 Å². The molecule has 108 valence electrons. The van der Waals surface area contributed by atoms with Gasteiger partial charge in [0.2, 0.25) is 5.91 Å². The molecule has 0 saturated carbocycles. The van der Waals surface area contributed by atoms with Gasteiger partial charge in [0.15, 0.2) is 0 Å². The summed E-state index contributed by atoms with van der Waals surface area (Å²) >= 11 is 12.2. The number of carbonyl (C=O) groups excluding carboxylic acids is 1. The average molecular weight is 315 g/mol. The van der Waals surface area contributed by atoms with Crippen molar-refractivity contribution in [2.24, 2.45) is 0 Å². The van der Waals surface area contributed by atoms with Crippen LogP contribution in [0.2, 0.25) is 10.0 Å². The van der Waals surface area contributed by atoms with Crippen molar-refractivity contribution in [1.29, 1.82) is 0 Å². The largest absolute Gasteiger partial charge is 0.492 e. The number of halogens is 2. The molecule has 1 fully saturated rings. The van der Waals surface area contributed by atoms with Gasteiger partial charge in [-0.15, -0.1) is 0 Å². The van der Waals surface area contributed by atoms with Crippen molar-refractivity contribution in [3.63, 3.8) is 0 Å². The number of nitrogens with zero attached hydrogens (tertiary/aromatic N) is 1. The second-order valence-electron chi connectivity index (χ2n) is 5.26. The molecule has 1 aromatic carbocycles.